The van der Waals surface area contributed by atoms with Crippen LogP contribution in [0.3, 0.4) is 0 Å². The first-order valence-electron chi connectivity index (χ1n) is 11.2. The van der Waals surface area contributed by atoms with Gasteiger partial charge in [0.1, 0.15) is 0 Å². The van der Waals surface area contributed by atoms with Crippen LogP contribution in [0.5, 0.6) is 0 Å². The quantitative estimate of drug-likeness (QED) is 0.174. The fourth-order valence-electron chi connectivity index (χ4n) is 3.78. The molecule has 3 aromatic carbocycles. The van der Waals surface area contributed by atoms with Gasteiger partial charge in [0.25, 0.3) is 0 Å². The van der Waals surface area contributed by atoms with Crippen LogP contribution in [0.1, 0.15) is 65.6 Å². The van der Waals surface area contributed by atoms with Crippen LogP contribution in [0, 0.1) is 0 Å². The fourth-order valence-corrected chi connectivity index (χ4v) is 3.78. The number of unbranched alkanes of at least 4 members (excludes halogenated alkanes) is 5. The summed E-state index contributed by atoms with van der Waals surface area (Å²) >= 11 is 0. The number of benzene rings is 3. The second-order valence-electron chi connectivity index (χ2n) is 7.87. The highest BCUT2D eigenvalue weighted by molar-refractivity contribution is 6.06. The summed E-state index contributed by atoms with van der Waals surface area (Å²) in [5.41, 5.74) is 4.68. The number of aryl methyl sites for hydroxylation is 2. The lowest BCUT2D eigenvalue weighted by Crippen LogP contribution is -1.94. The lowest BCUT2D eigenvalue weighted by atomic mass is 9.99. The minimum absolute atomic E-state index is 0.0564. The Kier molecular flexibility index (Phi) is 9.14. The van der Waals surface area contributed by atoms with E-state index in [0.717, 1.165) is 17.5 Å². The summed E-state index contributed by atoms with van der Waals surface area (Å²) in [5, 5.41) is 0. The average molecular weight is 397 g/mol. The first-order valence-corrected chi connectivity index (χ1v) is 11.2. The molecule has 0 heterocycles. The Labute approximate surface area is 181 Å². The maximum atomic E-state index is 12.3. The summed E-state index contributed by atoms with van der Waals surface area (Å²) in [4.78, 5) is 12.3. The van der Waals surface area contributed by atoms with Crippen molar-refractivity contribution in [2.24, 2.45) is 0 Å². The van der Waals surface area contributed by atoms with Crippen molar-refractivity contribution >= 4 is 11.9 Å². The van der Waals surface area contributed by atoms with E-state index in [1.54, 1.807) is 6.08 Å². The van der Waals surface area contributed by atoms with Crippen molar-refractivity contribution in [3.05, 3.63) is 113 Å². The second-order valence-corrected chi connectivity index (χ2v) is 7.87. The molecular weight excluding hydrogens is 364 g/mol. The third-order valence-corrected chi connectivity index (χ3v) is 5.53. The highest BCUT2D eigenvalue weighted by Crippen LogP contribution is 2.16. The Morgan fingerprint density at radius 1 is 0.600 bits per heavy atom. The average Bonchev–Trinajstić information content (AvgIpc) is 2.81. The van der Waals surface area contributed by atoms with Crippen LogP contribution < -0.4 is 0 Å². The number of carbonyl (C=O) groups excluding carboxylic acids is 1. The van der Waals surface area contributed by atoms with Crippen LogP contribution in [0.4, 0.5) is 0 Å². The van der Waals surface area contributed by atoms with Gasteiger partial charge in [0.15, 0.2) is 5.78 Å². The number of carbonyl (C=O) groups is 1. The van der Waals surface area contributed by atoms with Gasteiger partial charge >= 0.3 is 0 Å². The number of ketones is 1. The molecule has 3 aromatic rings. The molecule has 0 atom stereocenters. The predicted octanol–water partition coefficient (Wildman–Crippen LogP) is 7.71. The molecule has 0 amide bonds. The van der Waals surface area contributed by atoms with Gasteiger partial charge in [0.2, 0.25) is 0 Å². The lowest BCUT2D eigenvalue weighted by Gasteiger charge is -2.06. The molecule has 0 aliphatic heterocycles. The molecule has 0 fully saturated rings. The molecule has 1 nitrogen and oxygen atoms in total. The maximum absolute atomic E-state index is 12.3. The molecule has 1 heteroatoms. The van der Waals surface area contributed by atoms with E-state index in [0.29, 0.717) is 0 Å². The van der Waals surface area contributed by atoms with Crippen LogP contribution in [0.2, 0.25) is 0 Å². The van der Waals surface area contributed by atoms with Crippen molar-refractivity contribution in [3.8, 4) is 0 Å². The van der Waals surface area contributed by atoms with Gasteiger partial charge in [0, 0.05) is 5.56 Å². The summed E-state index contributed by atoms with van der Waals surface area (Å²) in [6.45, 7) is 0. The molecular formula is C29H32O. The molecule has 154 valence electrons. The van der Waals surface area contributed by atoms with E-state index in [1.165, 1.54) is 56.1 Å². The zero-order valence-corrected chi connectivity index (χ0v) is 17.8. The van der Waals surface area contributed by atoms with Gasteiger partial charge < -0.3 is 0 Å². The summed E-state index contributed by atoms with van der Waals surface area (Å²) < 4.78 is 0. The molecule has 30 heavy (non-hydrogen) atoms. The first-order chi connectivity index (χ1) is 14.8. The van der Waals surface area contributed by atoms with Gasteiger partial charge in [0.05, 0.1) is 0 Å². The van der Waals surface area contributed by atoms with Crippen molar-refractivity contribution in [3.63, 3.8) is 0 Å². The Morgan fingerprint density at radius 2 is 1.17 bits per heavy atom. The predicted molar refractivity (Wildman–Crippen MR) is 128 cm³/mol. The smallest absolute Gasteiger partial charge is 0.185 e. The highest BCUT2D eigenvalue weighted by Gasteiger charge is 2.02. The molecule has 0 aromatic heterocycles. The van der Waals surface area contributed by atoms with E-state index in [-0.39, 0.29) is 5.78 Å². The molecule has 0 aliphatic rings. The Balaban J connectivity index is 1.36. The molecule has 0 radical (unpaired) electrons. The van der Waals surface area contributed by atoms with Crippen LogP contribution in [0.15, 0.2) is 91.0 Å². The molecule has 0 N–H and O–H groups in total. The molecule has 0 spiro atoms. The van der Waals surface area contributed by atoms with Crippen molar-refractivity contribution in [1.29, 1.82) is 0 Å². The first kappa shape index (κ1) is 21.8. The van der Waals surface area contributed by atoms with Crippen molar-refractivity contribution in [2.75, 3.05) is 0 Å². The Bertz CT molecular complexity index is 909. The van der Waals surface area contributed by atoms with Crippen LogP contribution >= 0.6 is 0 Å². The molecule has 0 saturated carbocycles. The van der Waals surface area contributed by atoms with E-state index >= 15 is 0 Å². The summed E-state index contributed by atoms with van der Waals surface area (Å²) in [6.07, 6.45) is 13.6. The van der Waals surface area contributed by atoms with Gasteiger partial charge in [-0.2, -0.15) is 0 Å². The van der Waals surface area contributed by atoms with Crippen molar-refractivity contribution in [2.45, 2.75) is 51.4 Å². The zero-order valence-electron chi connectivity index (χ0n) is 17.8. The SMILES string of the molecule is O=C(/C=C/c1ccccc1CCCCCCCCc1ccccc1)c1ccccc1. The number of hydrogen-bond acceptors (Lipinski definition) is 1. The van der Waals surface area contributed by atoms with Crippen LogP contribution in [-0.4, -0.2) is 5.78 Å². The van der Waals surface area contributed by atoms with E-state index in [2.05, 4.69) is 48.5 Å². The van der Waals surface area contributed by atoms with Gasteiger partial charge in [-0.05, 0) is 48.4 Å². The summed E-state index contributed by atoms with van der Waals surface area (Å²) in [5.74, 6) is 0.0564. The molecule has 0 saturated heterocycles. The topological polar surface area (TPSA) is 17.1 Å². The summed E-state index contributed by atoms with van der Waals surface area (Å²) in [7, 11) is 0. The van der Waals surface area contributed by atoms with E-state index in [4.69, 9.17) is 0 Å². The molecule has 0 bridgehead atoms. The van der Waals surface area contributed by atoms with E-state index in [9.17, 15) is 4.79 Å². The van der Waals surface area contributed by atoms with Gasteiger partial charge in [-0.3, -0.25) is 4.79 Å². The highest BCUT2D eigenvalue weighted by atomic mass is 16.1. The largest absolute Gasteiger partial charge is 0.289 e. The van der Waals surface area contributed by atoms with E-state index in [1.807, 2.05) is 42.5 Å². The lowest BCUT2D eigenvalue weighted by molar-refractivity contribution is 0.104. The minimum Gasteiger partial charge on any atom is -0.289 e. The molecule has 0 aliphatic carbocycles. The Hall–Kier alpha value is -2.93. The van der Waals surface area contributed by atoms with Gasteiger partial charge in [-0.25, -0.2) is 0 Å². The third kappa shape index (κ3) is 7.48. The molecule has 0 unspecified atom stereocenters. The summed E-state index contributed by atoms with van der Waals surface area (Å²) in [6, 6.07) is 28.7. The minimum atomic E-state index is 0.0564. The van der Waals surface area contributed by atoms with Gasteiger partial charge in [-0.1, -0.05) is 117 Å². The zero-order chi connectivity index (χ0) is 20.9. The van der Waals surface area contributed by atoms with Gasteiger partial charge in [-0.15, -0.1) is 0 Å². The number of allylic oxidation sites excluding steroid dienone is 1. The molecule has 3 rings (SSSR count). The number of hydrogen-bond donors (Lipinski definition) is 0. The van der Waals surface area contributed by atoms with Crippen molar-refractivity contribution < 1.29 is 4.79 Å². The normalized spacial score (nSPS) is 11.1. The fraction of sp³-hybridized carbons (Fsp3) is 0.276. The monoisotopic (exact) mass is 396 g/mol. The third-order valence-electron chi connectivity index (χ3n) is 5.53. The van der Waals surface area contributed by atoms with Crippen molar-refractivity contribution in [1.82, 2.24) is 0 Å². The van der Waals surface area contributed by atoms with E-state index < -0.39 is 0 Å². The van der Waals surface area contributed by atoms with Crippen LogP contribution in [0.25, 0.3) is 6.08 Å². The Morgan fingerprint density at radius 3 is 1.90 bits per heavy atom. The maximum Gasteiger partial charge on any atom is 0.185 e. The second kappa shape index (κ2) is 12.6. The van der Waals surface area contributed by atoms with Crippen LogP contribution in [-0.2, 0) is 12.8 Å². The standard InChI is InChI=1S/C29H32O/c30-29(28-21-11-6-12-22-28)24-23-27-20-14-13-19-26(27)18-10-4-2-1-3-7-15-25-16-8-5-9-17-25/h5-6,8-9,11-14,16-17,19-24H,1-4,7,10,15,18H2/b24-23+. The number of rotatable bonds is 12.